The number of hydrogen-bond acceptors (Lipinski definition) is 9. The van der Waals surface area contributed by atoms with Gasteiger partial charge in [0.25, 0.3) is 5.91 Å². The van der Waals surface area contributed by atoms with Crippen molar-refractivity contribution in [3.05, 3.63) is 72.3 Å². The molecule has 10 nitrogen and oxygen atoms in total. The number of rotatable bonds is 12. The molecule has 0 fully saturated rings. The molecule has 0 saturated carbocycles. The summed E-state index contributed by atoms with van der Waals surface area (Å²) in [5, 5.41) is 13.4. The first-order chi connectivity index (χ1) is 19.1. The molecule has 1 heterocycles. The number of nitrogens with zero attached hydrogens (tertiary/aromatic N) is 4. The molecule has 0 aliphatic carbocycles. The van der Waals surface area contributed by atoms with Gasteiger partial charge in [-0.25, -0.2) is 5.43 Å². The van der Waals surface area contributed by atoms with Crippen LogP contribution < -0.4 is 24.4 Å². The molecule has 11 heteroatoms. The molecule has 1 N–H and O–H groups in total. The fraction of sp³-hybridized carbons (Fsp3) is 0.214. The lowest BCUT2D eigenvalue weighted by molar-refractivity contribution is -0.118. The minimum Gasteiger partial charge on any atom is -0.494 e. The number of nitrogens with one attached hydrogen (secondary N) is 1. The van der Waals surface area contributed by atoms with Crippen molar-refractivity contribution in [3.63, 3.8) is 0 Å². The zero-order valence-electron chi connectivity index (χ0n) is 22.1. The van der Waals surface area contributed by atoms with Gasteiger partial charge in [-0.2, -0.15) is 5.10 Å². The van der Waals surface area contributed by atoms with E-state index in [0.29, 0.717) is 40.4 Å². The average Bonchev–Trinajstić information content (AvgIpc) is 3.40. The van der Waals surface area contributed by atoms with E-state index in [-0.39, 0.29) is 11.7 Å². The van der Waals surface area contributed by atoms with Crippen LogP contribution in [0.3, 0.4) is 0 Å². The average molecular weight is 548 g/mol. The number of thioether (sulfide) groups is 1. The van der Waals surface area contributed by atoms with E-state index in [4.69, 9.17) is 18.9 Å². The van der Waals surface area contributed by atoms with Gasteiger partial charge in [-0.05, 0) is 43.3 Å². The predicted molar refractivity (Wildman–Crippen MR) is 151 cm³/mol. The smallest absolute Gasteiger partial charge is 0.250 e. The quantitative estimate of drug-likeness (QED) is 0.156. The predicted octanol–water partition coefficient (Wildman–Crippen LogP) is 4.60. The lowest BCUT2D eigenvalue weighted by atomic mass is 10.2. The topological polar surface area (TPSA) is 109 Å². The van der Waals surface area contributed by atoms with Gasteiger partial charge in [0.2, 0.25) is 5.75 Å². The fourth-order valence-electron chi connectivity index (χ4n) is 3.75. The number of methoxy groups -OCH3 is 3. The van der Waals surface area contributed by atoms with Crippen LogP contribution >= 0.6 is 11.8 Å². The third-order valence-corrected chi connectivity index (χ3v) is 6.42. The summed E-state index contributed by atoms with van der Waals surface area (Å²) in [4.78, 5) is 12.6. The summed E-state index contributed by atoms with van der Waals surface area (Å²) < 4.78 is 23.5. The largest absolute Gasteiger partial charge is 0.494 e. The Morgan fingerprint density at radius 3 is 2.28 bits per heavy atom. The highest BCUT2D eigenvalue weighted by atomic mass is 32.2. The molecule has 0 aliphatic heterocycles. The van der Waals surface area contributed by atoms with Crippen LogP contribution in [0.2, 0.25) is 0 Å². The van der Waals surface area contributed by atoms with Crippen molar-refractivity contribution < 1.29 is 23.7 Å². The Balaban J connectivity index is 1.49. The van der Waals surface area contributed by atoms with Crippen molar-refractivity contribution in [1.29, 1.82) is 0 Å². The van der Waals surface area contributed by atoms with E-state index in [1.54, 1.807) is 12.1 Å². The maximum Gasteiger partial charge on any atom is 0.250 e. The standard InChI is InChI=1S/C28H29N5O5S/c1-5-38-22-13-11-21(12-14-22)33-27(20-9-7-6-8-10-20)31-32-28(33)39-18-25(34)30-29-17-19-15-23(35-2)26(37-4)24(16-19)36-3/h6-17H,5,18H2,1-4H3,(H,30,34)/b29-17+. The van der Waals surface area contributed by atoms with Crippen LogP contribution in [-0.4, -0.2) is 60.6 Å². The van der Waals surface area contributed by atoms with Gasteiger partial charge in [0.05, 0.1) is 39.9 Å². The number of hydrogen-bond donors (Lipinski definition) is 1. The Labute approximate surface area is 231 Å². The van der Waals surface area contributed by atoms with Gasteiger partial charge in [-0.15, -0.1) is 10.2 Å². The maximum atomic E-state index is 12.6. The molecule has 39 heavy (non-hydrogen) atoms. The third kappa shape index (κ3) is 6.68. The molecule has 0 saturated heterocycles. The van der Waals surface area contributed by atoms with E-state index in [2.05, 4.69) is 20.7 Å². The number of amides is 1. The second-order valence-corrected chi connectivity index (χ2v) is 8.92. The van der Waals surface area contributed by atoms with Crippen molar-refractivity contribution in [2.45, 2.75) is 12.1 Å². The van der Waals surface area contributed by atoms with Gasteiger partial charge in [-0.1, -0.05) is 42.1 Å². The Kier molecular flexibility index (Phi) is 9.41. The highest BCUT2D eigenvalue weighted by Gasteiger charge is 2.17. The lowest BCUT2D eigenvalue weighted by Crippen LogP contribution is -2.20. The molecule has 1 amide bonds. The first kappa shape index (κ1) is 27.5. The molecule has 0 atom stereocenters. The Bertz CT molecular complexity index is 1400. The summed E-state index contributed by atoms with van der Waals surface area (Å²) in [5.41, 5.74) is 4.97. The summed E-state index contributed by atoms with van der Waals surface area (Å²) in [6.45, 7) is 2.52. The van der Waals surface area contributed by atoms with Crippen molar-refractivity contribution >= 4 is 23.9 Å². The van der Waals surface area contributed by atoms with E-state index in [0.717, 1.165) is 17.0 Å². The summed E-state index contributed by atoms with van der Waals surface area (Å²) in [6, 6.07) is 20.9. The summed E-state index contributed by atoms with van der Waals surface area (Å²) in [7, 11) is 4.60. The maximum absolute atomic E-state index is 12.6. The van der Waals surface area contributed by atoms with E-state index < -0.39 is 0 Å². The number of ether oxygens (including phenoxy) is 4. The van der Waals surface area contributed by atoms with Crippen LogP contribution in [0.4, 0.5) is 0 Å². The molecule has 1 aromatic heterocycles. The zero-order valence-corrected chi connectivity index (χ0v) is 22.9. The molecule has 0 bridgehead atoms. The van der Waals surface area contributed by atoms with E-state index >= 15 is 0 Å². The molecule has 4 aromatic rings. The van der Waals surface area contributed by atoms with Gasteiger partial charge in [0, 0.05) is 16.8 Å². The Morgan fingerprint density at radius 2 is 1.67 bits per heavy atom. The van der Waals surface area contributed by atoms with Crippen LogP contribution in [0.15, 0.2) is 77.0 Å². The number of hydrazone groups is 1. The van der Waals surface area contributed by atoms with Gasteiger partial charge >= 0.3 is 0 Å². The van der Waals surface area contributed by atoms with Crippen LogP contribution in [0, 0.1) is 0 Å². The Morgan fingerprint density at radius 1 is 0.974 bits per heavy atom. The normalized spacial score (nSPS) is 10.9. The van der Waals surface area contributed by atoms with Crippen molar-refractivity contribution in [2.24, 2.45) is 5.10 Å². The van der Waals surface area contributed by atoms with Crippen LogP contribution in [-0.2, 0) is 4.79 Å². The number of carbonyl (C=O) groups excluding carboxylic acids is 1. The lowest BCUT2D eigenvalue weighted by Gasteiger charge is -2.12. The third-order valence-electron chi connectivity index (χ3n) is 5.49. The highest BCUT2D eigenvalue weighted by Crippen LogP contribution is 2.37. The molecule has 0 spiro atoms. The molecule has 4 rings (SSSR count). The Hall–Kier alpha value is -4.51. The van der Waals surface area contributed by atoms with E-state index in [1.807, 2.05) is 66.1 Å². The fourth-order valence-corrected chi connectivity index (χ4v) is 4.49. The molecule has 0 radical (unpaired) electrons. The SMILES string of the molecule is CCOc1ccc(-n2c(SCC(=O)N/N=C/c3cc(OC)c(OC)c(OC)c3)nnc2-c2ccccc2)cc1. The van der Waals surface area contributed by atoms with Crippen molar-refractivity contribution in [3.8, 4) is 40.1 Å². The summed E-state index contributed by atoms with van der Waals surface area (Å²) in [5.74, 6) is 2.68. The summed E-state index contributed by atoms with van der Waals surface area (Å²) in [6.07, 6.45) is 1.50. The van der Waals surface area contributed by atoms with E-state index in [9.17, 15) is 4.79 Å². The van der Waals surface area contributed by atoms with Crippen molar-refractivity contribution in [2.75, 3.05) is 33.7 Å². The van der Waals surface area contributed by atoms with Gasteiger partial charge in [0.1, 0.15) is 5.75 Å². The second-order valence-electron chi connectivity index (χ2n) is 7.98. The molecule has 0 unspecified atom stereocenters. The molecule has 202 valence electrons. The van der Waals surface area contributed by atoms with Gasteiger partial charge < -0.3 is 18.9 Å². The van der Waals surface area contributed by atoms with Crippen LogP contribution in [0.5, 0.6) is 23.0 Å². The second kappa shape index (κ2) is 13.3. The van der Waals surface area contributed by atoms with Crippen LogP contribution in [0.1, 0.15) is 12.5 Å². The van der Waals surface area contributed by atoms with E-state index in [1.165, 1.54) is 39.3 Å². The molecule has 0 aliphatic rings. The number of benzene rings is 3. The molecular weight excluding hydrogens is 518 g/mol. The first-order valence-corrected chi connectivity index (χ1v) is 13.0. The molecule has 3 aromatic carbocycles. The number of aromatic nitrogens is 3. The minimum atomic E-state index is -0.300. The highest BCUT2D eigenvalue weighted by molar-refractivity contribution is 7.99. The molecular formula is C28H29N5O5S. The summed E-state index contributed by atoms with van der Waals surface area (Å²) >= 11 is 1.26. The first-order valence-electron chi connectivity index (χ1n) is 12.1. The van der Waals surface area contributed by atoms with Crippen molar-refractivity contribution in [1.82, 2.24) is 20.2 Å². The minimum absolute atomic E-state index is 0.0799. The monoisotopic (exact) mass is 547 g/mol. The number of carbonyl (C=O) groups is 1. The van der Waals surface area contributed by atoms with Gasteiger partial charge in [0.15, 0.2) is 22.5 Å². The van der Waals surface area contributed by atoms with Crippen LogP contribution in [0.25, 0.3) is 17.1 Å². The van der Waals surface area contributed by atoms with Gasteiger partial charge in [-0.3, -0.25) is 9.36 Å². The zero-order chi connectivity index (χ0) is 27.6.